The van der Waals surface area contributed by atoms with Gasteiger partial charge in [0, 0.05) is 37.8 Å². The van der Waals surface area contributed by atoms with Gasteiger partial charge in [-0.3, -0.25) is 4.90 Å². The van der Waals surface area contributed by atoms with Crippen LogP contribution in [-0.4, -0.2) is 62.2 Å². The summed E-state index contributed by atoms with van der Waals surface area (Å²) >= 11 is 1.75. The molecule has 2 rings (SSSR count). The quantitative estimate of drug-likeness (QED) is 0.286. The maximum absolute atomic E-state index is 8.49. The van der Waals surface area contributed by atoms with Gasteiger partial charge < -0.3 is 16.0 Å². The topological polar surface area (TPSA) is 237 Å². The second-order valence-electron chi connectivity index (χ2n) is 5.92. The summed E-state index contributed by atoms with van der Waals surface area (Å²) < 4.78 is 67.9. The fourth-order valence-corrected chi connectivity index (χ4v) is 3.00. The van der Waals surface area contributed by atoms with Crippen molar-refractivity contribution in [2.45, 2.75) is 19.4 Å². The predicted octanol–water partition coefficient (Wildman–Crippen LogP) is -9.01. The molecule has 3 N–H and O–H groups in total. The Morgan fingerprint density at radius 2 is 1.26 bits per heavy atom. The van der Waals surface area contributed by atoms with Crippen LogP contribution in [0, 0.1) is 20.5 Å². The summed E-state index contributed by atoms with van der Waals surface area (Å²) in [5, 5.41) is 13.8. The fourth-order valence-electron chi connectivity index (χ4n) is 2.35. The predicted molar refractivity (Wildman–Crippen MR) is 85.2 cm³/mol. The summed E-state index contributed by atoms with van der Waals surface area (Å²) in [6, 6.07) is 0. The van der Waals surface area contributed by atoms with Crippen LogP contribution >= 0.6 is 11.3 Å². The van der Waals surface area contributed by atoms with Gasteiger partial charge in [-0.2, -0.15) is 0 Å². The van der Waals surface area contributed by atoms with Gasteiger partial charge in [0.2, 0.25) is 0 Å². The molecule has 1 aliphatic rings. The number of thiazole rings is 1. The van der Waals surface area contributed by atoms with Gasteiger partial charge in [-0.15, -0.1) is 31.8 Å². The molecule has 0 aliphatic carbocycles. The average Bonchev–Trinajstić information content (AvgIpc) is 3.08. The summed E-state index contributed by atoms with van der Waals surface area (Å²) in [5.74, 6) is 0. The third-order valence-corrected chi connectivity index (χ3v) is 4.23. The van der Waals surface area contributed by atoms with Crippen LogP contribution in [0.3, 0.4) is 0 Å². The molecule has 17 heteroatoms. The average molecular weight is 560 g/mol. The summed E-state index contributed by atoms with van der Waals surface area (Å²) in [7, 11) is -9.89. The second-order valence-corrected chi connectivity index (χ2v) is 8.41. The summed E-state index contributed by atoms with van der Waals surface area (Å²) in [6.07, 6.45) is 4.30. The van der Waals surface area contributed by atoms with Crippen LogP contribution in [0.4, 0.5) is 0 Å². The van der Waals surface area contributed by atoms with Crippen molar-refractivity contribution in [1.29, 1.82) is 0 Å². The van der Waals surface area contributed by atoms with Crippen molar-refractivity contribution < 1.29 is 74.8 Å². The zero-order valence-corrected chi connectivity index (χ0v) is 19.8. The van der Waals surface area contributed by atoms with E-state index in [1.165, 1.54) is 17.8 Å². The molecule has 1 aromatic rings. The van der Waals surface area contributed by atoms with Crippen LogP contribution in [0.2, 0.25) is 0 Å². The number of rotatable bonds is 2. The standard InChI is InChI=1S/C14H27N5S.2ClHO4.Cu/c1-3-15-6-7-16-5-2-10-19(11-8-17-4-1)13-14-18-9-12-20-14;2*2-1(3,4)5;/h9,12,15-17H,1-8,10-11,13H2;2*(H,2,3,4,5);/q;;;+2/p-2. The third-order valence-electron chi connectivity index (χ3n) is 3.46. The van der Waals surface area contributed by atoms with E-state index in [0.717, 1.165) is 58.9 Å². The van der Waals surface area contributed by atoms with Crippen LogP contribution in [0.25, 0.3) is 0 Å². The van der Waals surface area contributed by atoms with E-state index in [0.29, 0.717) is 0 Å². The van der Waals surface area contributed by atoms with Crippen molar-refractivity contribution in [1.82, 2.24) is 25.8 Å². The van der Waals surface area contributed by atoms with Crippen LogP contribution in [0.1, 0.15) is 17.8 Å². The van der Waals surface area contributed by atoms with E-state index < -0.39 is 20.5 Å². The molecule has 1 aromatic heterocycles. The Balaban J connectivity index is 0. The van der Waals surface area contributed by atoms with Gasteiger partial charge in [0.15, 0.2) is 0 Å². The minimum Gasteiger partial charge on any atom is -0.315 e. The third kappa shape index (κ3) is 32.5. The smallest absolute Gasteiger partial charge is 0.315 e. The molecule has 1 aliphatic heterocycles. The molecule has 0 amide bonds. The summed E-state index contributed by atoms with van der Waals surface area (Å²) in [4.78, 5) is 6.91. The molecule has 0 bridgehead atoms. The van der Waals surface area contributed by atoms with Crippen molar-refractivity contribution in [2.75, 3.05) is 52.4 Å². The molecular formula is C14H27Cl2CuN5O8S. The van der Waals surface area contributed by atoms with Gasteiger partial charge in [0.05, 0.1) is 6.54 Å². The first-order chi connectivity index (χ1) is 13.9. The van der Waals surface area contributed by atoms with Crippen molar-refractivity contribution in [3.63, 3.8) is 0 Å². The number of nitrogens with zero attached hydrogens (tertiary/aromatic N) is 2. The summed E-state index contributed by atoms with van der Waals surface area (Å²) in [5.41, 5.74) is 0. The van der Waals surface area contributed by atoms with Gasteiger partial charge in [-0.05, 0) is 39.0 Å². The molecular weight excluding hydrogens is 533 g/mol. The Labute approximate surface area is 200 Å². The molecule has 13 nitrogen and oxygen atoms in total. The maximum Gasteiger partial charge on any atom is 2.00 e. The van der Waals surface area contributed by atoms with Crippen LogP contribution in [0.15, 0.2) is 11.6 Å². The van der Waals surface area contributed by atoms with Gasteiger partial charge in [-0.1, -0.05) is 0 Å². The molecule has 0 unspecified atom stereocenters. The zero-order valence-electron chi connectivity index (χ0n) is 16.6. The molecule has 0 atom stereocenters. The monoisotopic (exact) mass is 558 g/mol. The fraction of sp³-hybridized carbons (Fsp3) is 0.786. The maximum atomic E-state index is 8.49. The Morgan fingerprint density at radius 1 is 0.774 bits per heavy atom. The van der Waals surface area contributed by atoms with E-state index in [1.807, 2.05) is 6.20 Å². The van der Waals surface area contributed by atoms with E-state index in [-0.39, 0.29) is 17.1 Å². The van der Waals surface area contributed by atoms with E-state index in [1.54, 1.807) is 11.3 Å². The van der Waals surface area contributed by atoms with Crippen molar-refractivity contribution in [3.05, 3.63) is 16.6 Å². The molecule has 1 fully saturated rings. The largest absolute Gasteiger partial charge is 2.00 e. The normalized spacial score (nSPS) is 17.7. The molecule has 0 spiro atoms. The number of hydrogen-bond acceptors (Lipinski definition) is 14. The first-order valence-corrected chi connectivity index (χ1v) is 12.3. The molecule has 1 saturated heterocycles. The van der Waals surface area contributed by atoms with Crippen LogP contribution in [0.5, 0.6) is 0 Å². The summed E-state index contributed by atoms with van der Waals surface area (Å²) in [6.45, 7) is 9.75. The molecule has 1 radical (unpaired) electrons. The molecule has 31 heavy (non-hydrogen) atoms. The van der Waals surface area contributed by atoms with Gasteiger partial charge >= 0.3 is 17.1 Å². The Hall–Kier alpha value is 0.249. The number of hydrogen-bond donors (Lipinski definition) is 3. The molecule has 187 valence electrons. The van der Waals surface area contributed by atoms with Crippen molar-refractivity contribution in [3.8, 4) is 0 Å². The van der Waals surface area contributed by atoms with E-state index in [9.17, 15) is 0 Å². The van der Waals surface area contributed by atoms with Crippen LogP contribution in [-0.2, 0) is 23.6 Å². The Morgan fingerprint density at radius 3 is 1.74 bits per heavy atom. The van der Waals surface area contributed by atoms with E-state index in [2.05, 4.69) is 31.2 Å². The van der Waals surface area contributed by atoms with E-state index >= 15 is 0 Å². The van der Waals surface area contributed by atoms with Gasteiger partial charge in [-0.25, -0.2) is 42.3 Å². The second kappa shape index (κ2) is 19.7. The molecule has 2 heterocycles. The van der Waals surface area contributed by atoms with Gasteiger partial charge in [0.1, 0.15) is 5.01 Å². The first kappa shape index (κ1) is 33.4. The minimum atomic E-state index is -4.94. The zero-order chi connectivity index (χ0) is 22.9. The van der Waals surface area contributed by atoms with Gasteiger partial charge in [0.25, 0.3) is 0 Å². The van der Waals surface area contributed by atoms with E-state index in [4.69, 9.17) is 37.3 Å². The SMILES string of the molecule is [Cu+2].[O-][Cl+3]([O-])([O-])[O-].[O-][Cl+3]([O-])([O-])[O-].c1csc(CN2CCCNCCNCCCNCC2)n1. The number of nitrogens with one attached hydrogen (secondary N) is 3. The van der Waals surface area contributed by atoms with Crippen molar-refractivity contribution >= 4 is 11.3 Å². The Bertz CT molecular complexity index is 476. The molecule has 0 aromatic carbocycles. The van der Waals surface area contributed by atoms with Crippen LogP contribution < -0.4 is 53.2 Å². The Kier molecular flexibility index (Phi) is 21.2. The number of aromatic nitrogens is 1. The first-order valence-electron chi connectivity index (χ1n) is 8.91. The number of halogens is 2. The van der Waals surface area contributed by atoms with Crippen molar-refractivity contribution in [2.24, 2.45) is 0 Å². The molecule has 0 saturated carbocycles. The minimum absolute atomic E-state index is 0.